The molecular weight excluding hydrogens is 288 g/mol. The van der Waals surface area contributed by atoms with Crippen molar-refractivity contribution in [3.05, 3.63) is 71.8 Å². The Morgan fingerprint density at radius 2 is 0.957 bits per heavy atom. The molecule has 0 fully saturated rings. The largest absolute Gasteiger partial charge is 0.353 e. The van der Waals surface area contributed by atoms with E-state index in [1.54, 1.807) is 52.0 Å². The molecule has 0 saturated carbocycles. The van der Waals surface area contributed by atoms with E-state index in [0.29, 0.717) is 11.1 Å². The number of carbonyl (C=O) groups is 2. The molecule has 0 radical (unpaired) electrons. The van der Waals surface area contributed by atoms with E-state index in [-0.39, 0.29) is 11.6 Å². The molecule has 3 nitrogen and oxygen atoms in total. The summed E-state index contributed by atoms with van der Waals surface area (Å²) in [6.45, 7) is 6.79. The van der Waals surface area contributed by atoms with E-state index in [4.69, 9.17) is 4.74 Å². The zero-order valence-corrected chi connectivity index (χ0v) is 14.0. The molecule has 0 aliphatic heterocycles. The standard InChI is InChI=1S/C20H22O3/c1-19(2,17(21)15-11-7-5-8-12-15)23-20(3,4)18(22)16-13-9-6-10-14-16/h5-14H,1-4H3. The fourth-order valence-electron chi connectivity index (χ4n) is 2.60. The van der Waals surface area contributed by atoms with E-state index in [0.717, 1.165) is 0 Å². The highest BCUT2D eigenvalue weighted by Crippen LogP contribution is 2.27. The van der Waals surface area contributed by atoms with Crippen molar-refractivity contribution in [3.63, 3.8) is 0 Å². The van der Waals surface area contributed by atoms with Gasteiger partial charge in [0.05, 0.1) is 0 Å². The molecule has 3 heteroatoms. The fourth-order valence-corrected chi connectivity index (χ4v) is 2.60. The maximum Gasteiger partial charge on any atom is 0.194 e. The predicted molar refractivity (Wildman–Crippen MR) is 90.8 cm³/mol. The van der Waals surface area contributed by atoms with Crippen LogP contribution in [-0.4, -0.2) is 22.8 Å². The van der Waals surface area contributed by atoms with Crippen molar-refractivity contribution in [2.75, 3.05) is 0 Å². The molecule has 0 aliphatic carbocycles. The summed E-state index contributed by atoms with van der Waals surface area (Å²) in [6.07, 6.45) is 0. The lowest BCUT2D eigenvalue weighted by Gasteiger charge is -2.34. The number of ether oxygens (including phenoxy) is 1. The summed E-state index contributed by atoms with van der Waals surface area (Å²) in [5.74, 6) is -0.293. The summed E-state index contributed by atoms with van der Waals surface area (Å²) in [5, 5.41) is 0. The van der Waals surface area contributed by atoms with Crippen molar-refractivity contribution in [3.8, 4) is 0 Å². The first-order valence-electron chi connectivity index (χ1n) is 7.64. The van der Waals surface area contributed by atoms with Crippen LogP contribution < -0.4 is 0 Å². The molecule has 0 heterocycles. The molecule has 0 bridgehead atoms. The maximum atomic E-state index is 12.7. The third kappa shape index (κ3) is 3.93. The van der Waals surface area contributed by atoms with Gasteiger partial charge in [-0.15, -0.1) is 0 Å². The highest BCUT2D eigenvalue weighted by Gasteiger charge is 2.40. The summed E-state index contributed by atoms with van der Waals surface area (Å²) in [6, 6.07) is 17.9. The second-order valence-corrected chi connectivity index (χ2v) is 6.51. The summed E-state index contributed by atoms with van der Waals surface area (Å²) >= 11 is 0. The van der Waals surface area contributed by atoms with Crippen molar-refractivity contribution in [2.45, 2.75) is 38.9 Å². The van der Waals surface area contributed by atoms with Gasteiger partial charge >= 0.3 is 0 Å². The smallest absolute Gasteiger partial charge is 0.194 e. The Labute approximate surface area is 137 Å². The minimum absolute atomic E-state index is 0.146. The number of ketones is 2. The van der Waals surface area contributed by atoms with Gasteiger partial charge in [-0.25, -0.2) is 0 Å². The van der Waals surface area contributed by atoms with Gasteiger partial charge in [-0.2, -0.15) is 0 Å². The highest BCUT2D eigenvalue weighted by molar-refractivity contribution is 6.04. The lowest BCUT2D eigenvalue weighted by atomic mass is 9.92. The predicted octanol–water partition coefficient (Wildman–Crippen LogP) is 4.33. The second-order valence-electron chi connectivity index (χ2n) is 6.51. The number of benzene rings is 2. The van der Waals surface area contributed by atoms with Gasteiger partial charge in [-0.1, -0.05) is 60.7 Å². The van der Waals surface area contributed by atoms with Crippen LogP contribution in [0.4, 0.5) is 0 Å². The number of hydrogen-bond donors (Lipinski definition) is 0. The van der Waals surface area contributed by atoms with Gasteiger partial charge in [0.2, 0.25) is 0 Å². The highest BCUT2D eigenvalue weighted by atomic mass is 16.5. The minimum Gasteiger partial charge on any atom is -0.353 e. The van der Waals surface area contributed by atoms with Crippen LogP contribution >= 0.6 is 0 Å². The first-order valence-corrected chi connectivity index (χ1v) is 7.64. The quantitative estimate of drug-likeness (QED) is 0.746. The lowest BCUT2D eigenvalue weighted by molar-refractivity contribution is -0.0796. The number of rotatable bonds is 6. The SMILES string of the molecule is CC(C)(OC(C)(C)C(=O)c1ccccc1)C(=O)c1ccccc1. The summed E-state index contributed by atoms with van der Waals surface area (Å²) < 4.78 is 5.96. The van der Waals surface area contributed by atoms with Crippen LogP contribution in [0.5, 0.6) is 0 Å². The molecule has 0 aromatic heterocycles. The van der Waals surface area contributed by atoms with E-state index in [1.807, 2.05) is 36.4 Å². The van der Waals surface area contributed by atoms with E-state index in [2.05, 4.69) is 0 Å². The number of Topliss-reactive ketones (excluding diaryl/α,β-unsaturated/α-hetero) is 2. The van der Waals surface area contributed by atoms with Crippen molar-refractivity contribution >= 4 is 11.6 Å². The van der Waals surface area contributed by atoms with Crippen LogP contribution in [0.2, 0.25) is 0 Å². The Morgan fingerprint density at radius 3 is 1.26 bits per heavy atom. The van der Waals surface area contributed by atoms with Crippen LogP contribution in [0.1, 0.15) is 48.4 Å². The van der Waals surface area contributed by atoms with Gasteiger partial charge in [0.25, 0.3) is 0 Å². The third-order valence-corrected chi connectivity index (χ3v) is 3.68. The Bertz CT molecular complexity index is 624. The first kappa shape index (κ1) is 17.1. The van der Waals surface area contributed by atoms with Crippen molar-refractivity contribution in [1.29, 1.82) is 0 Å². The lowest BCUT2D eigenvalue weighted by Crippen LogP contribution is -2.47. The van der Waals surface area contributed by atoms with Gasteiger partial charge in [0.1, 0.15) is 11.2 Å². The van der Waals surface area contributed by atoms with Gasteiger partial charge in [-0.3, -0.25) is 9.59 Å². The zero-order valence-electron chi connectivity index (χ0n) is 14.0. The van der Waals surface area contributed by atoms with Crippen molar-refractivity contribution in [2.24, 2.45) is 0 Å². The maximum absolute atomic E-state index is 12.7. The molecule has 2 aromatic rings. The summed E-state index contributed by atoms with van der Waals surface area (Å²) in [7, 11) is 0. The normalized spacial score (nSPS) is 12.0. The minimum atomic E-state index is -1.10. The average molecular weight is 310 g/mol. The topological polar surface area (TPSA) is 43.4 Å². The average Bonchev–Trinajstić information content (AvgIpc) is 2.54. The van der Waals surface area contributed by atoms with Gasteiger partial charge in [-0.05, 0) is 27.7 Å². The molecule has 0 aliphatic rings. The van der Waals surface area contributed by atoms with Crippen LogP contribution in [0.25, 0.3) is 0 Å². The van der Waals surface area contributed by atoms with E-state index >= 15 is 0 Å². The molecule has 23 heavy (non-hydrogen) atoms. The Kier molecular flexibility index (Phi) is 4.81. The van der Waals surface area contributed by atoms with E-state index in [1.165, 1.54) is 0 Å². The Morgan fingerprint density at radius 1 is 0.652 bits per heavy atom. The van der Waals surface area contributed by atoms with Crippen LogP contribution in [0.3, 0.4) is 0 Å². The van der Waals surface area contributed by atoms with Crippen molar-refractivity contribution < 1.29 is 14.3 Å². The van der Waals surface area contributed by atoms with E-state index < -0.39 is 11.2 Å². The molecule has 0 spiro atoms. The summed E-state index contributed by atoms with van der Waals surface area (Å²) in [5.41, 5.74) is -1.06. The van der Waals surface area contributed by atoms with Gasteiger partial charge < -0.3 is 4.74 Å². The first-order chi connectivity index (χ1) is 10.7. The number of carbonyl (C=O) groups excluding carboxylic acids is 2. The number of hydrogen-bond acceptors (Lipinski definition) is 3. The van der Waals surface area contributed by atoms with Crippen LogP contribution in [-0.2, 0) is 4.74 Å². The molecule has 0 N–H and O–H groups in total. The van der Waals surface area contributed by atoms with Crippen LogP contribution in [0, 0.1) is 0 Å². The second kappa shape index (κ2) is 6.47. The molecule has 0 amide bonds. The fraction of sp³-hybridized carbons (Fsp3) is 0.300. The van der Waals surface area contributed by atoms with Gasteiger partial charge in [0, 0.05) is 11.1 Å². The zero-order chi connectivity index (χ0) is 17.1. The Balaban J connectivity index is 2.21. The van der Waals surface area contributed by atoms with Crippen LogP contribution in [0.15, 0.2) is 60.7 Å². The molecule has 0 atom stereocenters. The molecule has 120 valence electrons. The molecule has 2 aromatic carbocycles. The van der Waals surface area contributed by atoms with Gasteiger partial charge in [0.15, 0.2) is 11.6 Å². The van der Waals surface area contributed by atoms with Crippen molar-refractivity contribution in [1.82, 2.24) is 0 Å². The summed E-state index contributed by atoms with van der Waals surface area (Å²) in [4.78, 5) is 25.3. The third-order valence-electron chi connectivity index (χ3n) is 3.68. The molecular formula is C20H22O3. The molecule has 0 unspecified atom stereocenters. The van der Waals surface area contributed by atoms with E-state index in [9.17, 15) is 9.59 Å². The Hall–Kier alpha value is -2.26. The molecule has 0 saturated heterocycles. The monoisotopic (exact) mass is 310 g/mol. The molecule has 2 rings (SSSR count).